The number of hydrogen-bond acceptors (Lipinski definition) is 3. The molecule has 25 heavy (non-hydrogen) atoms. The van der Waals surface area contributed by atoms with Crippen LogP contribution in [-0.4, -0.2) is 25.7 Å². The van der Waals surface area contributed by atoms with Gasteiger partial charge in [0.1, 0.15) is 0 Å². The molecule has 5 fully saturated rings. The van der Waals surface area contributed by atoms with Crippen molar-refractivity contribution in [1.82, 2.24) is 0 Å². The van der Waals surface area contributed by atoms with E-state index in [-0.39, 0.29) is 5.97 Å². The zero-order valence-corrected chi connectivity index (χ0v) is 15.1. The highest BCUT2D eigenvalue weighted by atomic mass is 16.5. The van der Waals surface area contributed by atoms with E-state index in [2.05, 4.69) is 17.0 Å². The van der Waals surface area contributed by atoms with Gasteiger partial charge in [0.05, 0.1) is 12.2 Å². The lowest BCUT2D eigenvalue weighted by atomic mass is 9.50. The fourth-order valence-electron chi connectivity index (χ4n) is 6.55. The summed E-state index contributed by atoms with van der Waals surface area (Å²) in [6, 6.07) is 8.03. The van der Waals surface area contributed by atoms with Crippen molar-refractivity contribution < 1.29 is 9.53 Å². The number of nitrogens with zero attached hydrogens (tertiary/aromatic N) is 1. The molecule has 0 amide bonds. The molecule has 0 unspecified atom stereocenters. The van der Waals surface area contributed by atoms with Crippen LogP contribution in [0.15, 0.2) is 24.3 Å². The maximum atomic E-state index is 12.5. The fourth-order valence-corrected chi connectivity index (χ4v) is 6.55. The molecule has 4 saturated carbocycles. The van der Waals surface area contributed by atoms with Crippen LogP contribution in [0.2, 0.25) is 0 Å². The van der Waals surface area contributed by atoms with Crippen LogP contribution in [0.25, 0.3) is 0 Å². The van der Waals surface area contributed by atoms with Gasteiger partial charge in [-0.25, -0.2) is 4.79 Å². The Bertz CT molecular complexity index is 609. The summed E-state index contributed by atoms with van der Waals surface area (Å²) >= 11 is 0. The highest BCUT2D eigenvalue weighted by Crippen LogP contribution is 2.60. The number of benzene rings is 1. The first-order valence-electron chi connectivity index (χ1n) is 10.2. The van der Waals surface area contributed by atoms with Gasteiger partial charge in [-0.2, -0.15) is 0 Å². The van der Waals surface area contributed by atoms with Gasteiger partial charge in [0.15, 0.2) is 0 Å². The largest absolute Gasteiger partial charge is 0.462 e. The van der Waals surface area contributed by atoms with E-state index in [4.69, 9.17) is 4.74 Å². The molecule has 1 heterocycles. The molecule has 134 valence electrons. The van der Waals surface area contributed by atoms with Crippen molar-refractivity contribution in [1.29, 1.82) is 0 Å². The minimum absolute atomic E-state index is 0.135. The minimum Gasteiger partial charge on any atom is -0.462 e. The number of rotatable bonds is 4. The summed E-state index contributed by atoms with van der Waals surface area (Å²) in [6.45, 7) is 2.91. The van der Waals surface area contributed by atoms with Crippen molar-refractivity contribution in [2.75, 3.05) is 24.6 Å². The zero-order valence-electron chi connectivity index (χ0n) is 15.1. The number of hydrogen-bond donors (Lipinski definition) is 0. The molecule has 1 aromatic carbocycles. The molecule has 0 atom stereocenters. The summed E-state index contributed by atoms with van der Waals surface area (Å²) < 4.78 is 5.83. The van der Waals surface area contributed by atoms with Gasteiger partial charge in [-0.15, -0.1) is 0 Å². The van der Waals surface area contributed by atoms with Crippen LogP contribution in [0.5, 0.6) is 0 Å². The van der Waals surface area contributed by atoms with Crippen LogP contribution in [0.3, 0.4) is 0 Å². The average Bonchev–Trinajstić information content (AvgIpc) is 3.13. The van der Waals surface area contributed by atoms with Gasteiger partial charge in [0.25, 0.3) is 0 Å². The van der Waals surface area contributed by atoms with E-state index >= 15 is 0 Å². The number of ether oxygens (including phenoxy) is 1. The topological polar surface area (TPSA) is 29.5 Å². The van der Waals surface area contributed by atoms with Gasteiger partial charge >= 0.3 is 5.97 Å². The van der Waals surface area contributed by atoms with Crippen LogP contribution >= 0.6 is 0 Å². The summed E-state index contributed by atoms with van der Waals surface area (Å²) in [5.74, 6) is 2.59. The molecule has 0 aromatic heterocycles. The van der Waals surface area contributed by atoms with Crippen LogP contribution in [0.1, 0.15) is 61.7 Å². The molecule has 1 saturated heterocycles. The Morgan fingerprint density at radius 3 is 2.08 bits per heavy atom. The first-order valence-corrected chi connectivity index (χ1v) is 10.2. The van der Waals surface area contributed by atoms with E-state index in [1.165, 1.54) is 57.1 Å². The van der Waals surface area contributed by atoms with Crippen molar-refractivity contribution in [3.8, 4) is 0 Å². The standard InChI is InChI=1S/C22H29NO2/c24-21(19-3-5-20(6-4-19)23-7-1-2-8-23)25-15-22-12-16-9-17(13-22)11-18(10-16)14-22/h3-6,16-18H,1-2,7-15H2. The zero-order chi connectivity index (χ0) is 16.9. The Morgan fingerprint density at radius 1 is 0.960 bits per heavy atom. The second-order valence-electron chi connectivity index (χ2n) is 9.23. The van der Waals surface area contributed by atoms with Crippen molar-refractivity contribution in [2.24, 2.45) is 23.2 Å². The van der Waals surface area contributed by atoms with Crippen molar-refractivity contribution in [3.63, 3.8) is 0 Å². The Hall–Kier alpha value is -1.51. The summed E-state index contributed by atoms with van der Waals surface area (Å²) in [4.78, 5) is 14.9. The third-order valence-corrected chi connectivity index (χ3v) is 7.25. The van der Waals surface area contributed by atoms with Crippen LogP contribution < -0.4 is 4.90 Å². The van der Waals surface area contributed by atoms with Gasteiger partial charge in [-0.05, 0) is 93.4 Å². The molecule has 1 aliphatic heterocycles. The smallest absolute Gasteiger partial charge is 0.338 e. The molecule has 0 radical (unpaired) electrons. The quantitative estimate of drug-likeness (QED) is 0.747. The van der Waals surface area contributed by atoms with Gasteiger partial charge in [-0.3, -0.25) is 0 Å². The van der Waals surface area contributed by atoms with Crippen LogP contribution in [0.4, 0.5) is 5.69 Å². The summed E-state index contributed by atoms with van der Waals surface area (Å²) in [5, 5.41) is 0. The Kier molecular flexibility index (Phi) is 3.79. The first kappa shape index (κ1) is 15.7. The number of anilines is 1. The minimum atomic E-state index is -0.135. The molecule has 3 nitrogen and oxygen atoms in total. The predicted molar refractivity (Wildman–Crippen MR) is 98.8 cm³/mol. The summed E-state index contributed by atoms with van der Waals surface area (Å²) in [5.41, 5.74) is 2.24. The van der Waals surface area contributed by atoms with Gasteiger partial charge in [0.2, 0.25) is 0 Å². The lowest BCUT2D eigenvalue weighted by molar-refractivity contribution is -0.0848. The second kappa shape index (κ2) is 6.03. The van der Waals surface area contributed by atoms with E-state index in [9.17, 15) is 4.79 Å². The number of carbonyl (C=O) groups excluding carboxylic acids is 1. The van der Waals surface area contributed by atoms with E-state index in [1.807, 2.05) is 12.1 Å². The van der Waals surface area contributed by atoms with Crippen molar-refractivity contribution >= 4 is 11.7 Å². The molecule has 1 aromatic rings. The van der Waals surface area contributed by atoms with E-state index in [1.54, 1.807) is 0 Å². The lowest BCUT2D eigenvalue weighted by Gasteiger charge is -2.56. The lowest BCUT2D eigenvalue weighted by Crippen LogP contribution is -2.48. The Morgan fingerprint density at radius 2 is 1.52 bits per heavy atom. The normalized spacial score (nSPS) is 36.0. The highest BCUT2D eigenvalue weighted by molar-refractivity contribution is 5.89. The van der Waals surface area contributed by atoms with Crippen LogP contribution in [0, 0.1) is 23.2 Å². The first-order chi connectivity index (χ1) is 12.2. The number of esters is 1. The monoisotopic (exact) mass is 339 g/mol. The average molecular weight is 339 g/mol. The Labute approximate surface area is 150 Å². The van der Waals surface area contributed by atoms with E-state index in [0.717, 1.165) is 30.8 Å². The maximum Gasteiger partial charge on any atom is 0.338 e. The predicted octanol–water partition coefficient (Wildman–Crippen LogP) is 4.66. The summed E-state index contributed by atoms with van der Waals surface area (Å²) in [6.07, 6.45) is 10.7. The van der Waals surface area contributed by atoms with Crippen molar-refractivity contribution in [2.45, 2.75) is 51.4 Å². The SMILES string of the molecule is O=C(OCC12CC3CC(CC(C3)C1)C2)c1ccc(N2CCCC2)cc1. The second-order valence-corrected chi connectivity index (χ2v) is 9.23. The molecule has 3 heteroatoms. The third-order valence-electron chi connectivity index (χ3n) is 7.25. The summed E-state index contributed by atoms with van der Waals surface area (Å²) in [7, 11) is 0. The van der Waals surface area contributed by atoms with Crippen molar-refractivity contribution in [3.05, 3.63) is 29.8 Å². The van der Waals surface area contributed by atoms with Gasteiger partial charge < -0.3 is 9.64 Å². The third kappa shape index (κ3) is 2.96. The molecule has 5 aliphatic rings. The molecule has 6 rings (SSSR count). The van der Waals surface area contributed by atoms with Crippen LogP contribution in [-0.2, 0) is 4.74 Å². The van der Waals surface area contributed by atoms with Gasteiger partial charge in [0, 0.05) is 24.2 Å². The fraction of sp³-hybridized carbons (Fsp3) is 0.682. The molecule has 0 N–H and O–H groups in total. The van der Waals surface area contributed by atoms with E-state index in [0.29, 0.717) is 17.6 Å². The molecule has 4 bridgehead atoms. The molecule has 4 aliphatic carbocycles. The maximum absolute atomic E-state index is 12.5. The molecular weight excluding hydrogens is 310 g/mol. The Balaban J connectivity index is 1.22. The van der Waals surface area contributed by atoms with E-state index < -0.39 is 0 Å². The number of carbonyl (C=O) groups is 1. The van der Waals surface area contributed by atoms with Gasteiger partial charge in [-0.1, -0.05) is 0 Å². The molecular formula is C22H29NO2. The highest BCUT2D eigenvalue weighted by Gasteiger charge is 2.51. The molecule has 0 spiro atoms.